The summed E-state index contributed by atoms with van der Waals surface area (Å²) in [6.45, 7) is 13.6. The second-order valence-electron chi connectivity index (χ2n) is 9.11. The molecular formula is C27H38O2Si. The van der Waals surface area contributed by atoms with E-state index in [9.17, 15) is 5.11 Å². The van der Waals surface area contributed by atoms with E-state index in [2.05, 4.69) is 94.4 Å². The number of benzene rings is 2. The molecule has 0 aromatic heterocycles. The van der Waals surface area contributed by atoms with Crippen LogP contribution in [0.15, 0.2) is 84.0 Å². The molecule has 0 saturated carbocycles. The second-order valence-corrected chi connectivity index (χ2v) is 13.4. The molecule has 3 heteroatoms. The minimum Gasteiger partial charge on any atom is -0.404 e. The van der Waals surface area contributed by atoms with Crippen LogP contribution >= 0.6 is 0 Å². The van der Waals surface area contributed by atoms with Gasteiger partial charge in [-0.25, -0.2) is 0 Å². The molecular weight excluding hydrogens is 384 g/mol. The lowest BCUT2D eigenvalue weighted by molar-refractivity contribution is 0.200. The van der Waals surface area contributed by atoms with Gasteiger partial charge < -0.3 is 9.53 Å². The van der Waals surface area contributed by atoms with Crippen molar-refractivity contribution in [1.29, 1.82) is 0 Å². The summed E-state index contributed by atoms with van der Waals surface area (Å²) in [6, 6.07) is 21.5. The zero-order valence-electron chi connectivity index (χ0n) is 19.5. The molecule has 162 valence electrons. The summed E-state index contributed by atoms with van der Waals surface area (Å²) in [4.78, 5) is 0. The van der Waals surface area contributed by atoms with Gasteiger partial charge in [0.05, 0.1) is 12.7 Å². The lowest BCUT2D eigenvalue weighted by Gasteiger charge is -2.42. The number of allylic oxidation sites excluding steroid dienone is 2. The van der Waals surface area contributed by atoms with Crippen molar-refractivity contribution in [2.24, 2.45) is 0 Å². The van der Waals surface area contributed by atoms with Crippen LogP contribution in [0, 0.1) is 0 Å². The molecule has 0 fully saturated rings. The van der Waals surface area contributed by atoms with Crippen LogP contribution in [-0.2, 0) is 4.43 Å². The van der Waals surface area contributed by atoms with Crippen molar-refractivity contribution in [1.82, 2.24) is 0 Å². The topological polar surface area (TPSA) is 29.5 Å². The van der Waals surface area contributed by atoms with Gasteiger partial charge >= 0.3 is 0 Å². The molecule has 1 atom stereocenters. The molecule has 0 unspecified atom stereocenters. The van der Waals surface area contributed by atoms with E-state index in [4.69, 9.17) is 4.43 Å². The van der Waals surface area contributed by atoms with E-state index in [-0.39, 0.29) is 11.1 Å². The van der Waals surface area contributed by atoms with Crippen LogP contribution in [-0.4, -0.2) is 26.1 Å². The number of rotatable bonds is 9. The maximum atomic E-state index is 10.2. The fourth-order valence-electron chi connectivity index (χ4n) is 3.96. The Morgan fingerprint density at radius 1 is 0.967 bits per heavy atom. The van der Waals surface area contributed by atoms with E-state index >= 15 is 0 Å². The van der Waals surface area contributed by atoms with Gasteiger partial charge in [-0.15, -0.1) is 0 Å². The van der Waals surface area contributed by atoms with Gasteiger partial charge in [0, 0.05) is 0 Å². The maximum Gasteiger partial charge on any atom is 0.261 e. The molecule has 2 rings (SSSR count). The summed E-state index contributed by atoms with van der Waals surface area (Å²) in [5, 5.41) is 12.8. The van der Waals surface area contributed by atoms with E-state index in [1.54, 1.807) is 0 Å². The zero-order valence-corrected chi connectivity index (χ0v) is 20.5. The van der Waals surface area contributed by atoms with Gasteiger partial charge in [-0.05, 0) is 54.6 Å². The highest BCUT2D eigenvalue weighted by Crippen LogP contribution is 2.36. The van der Waals surface area contributed by atoms with Crippen LogP contribution in [0.3, 0.4) is 0 Å². The van der Waals surface area contributed by atoms with Crippen molar-refractivity contribution in [2.75, 3.05) is 6.61 Å². The van der Waals surface area contributed by atoms with Crippen molar-refractivity contribution >= 4 is 18.7 Å². The van der Waals surface area contributed by atoms with Gasteiger partial charge in [-0.2, -0.15) is 0 Å². The molecule has 2 aromatic rings. The molecule has 0 bridgehead atoms. The Labute approximate surface area is 184 Å². The summed E-state index contributed by atoms with van der Waals surface area (Å²) in [7, 11) is -2.49. The summed E-state index contributed by atoms with van der Waals surface area (Å²) < 4.78 is 6.90. The summed E-state index contributed by atoms with van der Waals surface area (Å²) in [6.07, 6.45) is 5.43. The van der Waals surface area contributed by atoms with E-state index in [0.717, 1.165) is 18.4 Å². The van der Waals surface area contributed by atoms with Gasteiger partial charge in [-0.3, -0.25) is 0 Å². The third kappa shape index (κ3) is 5.81. The third-order valence-electron chi connectivity index (χ3n) is 5.94. The average molecular weight is 423 g/mol. The van der Waals surface area contributed by atoms with Crippen LogP contribution in [0.1, 0.15) is 54.4 Å². The van der Waals surface area contributed by atoms with Gasteiger partial charge in [0.25, 0.3) is 8.32 Å². The minimum atomic E-state index is -2.49. The Morgan fingerprint density at radius 2 is 1.47 bits per heavy atom. The van der Waals surface area contributed by atoms with E-state index < -0.39 is 8.32 Å². The lowest BCUT2D eigenvalue weighted by atomic mass is 10.0. The fraction of sp³-hybridized carbons (Fsp3) is 0.407. The molecule has 0 radical (unpaired) electrons. The molecule has 0 aliphatic heterocycles. The fourth-order valence-corrected chi connectivity index (χ4v) is 8.45. The van der Waals surface area contributed by atoms with Gasteiger partial charge in [0.1, 0.15) is 0 Å². The van der Waals surface area contributed by atoms with Crippen molar-refractivity contribution in [3.05, 3.63) is 84.0 Å². The highest BCUT2D eigenvalue weighted by atomic mass is 28.4. The maximum absolute atomic E-state index is 10.2. The second kappa shape index (κ2) is 10.9. The predicted molar refractivity (Wildman–Crippen MR) is 132 cm³/mol. The summed E-state index contributed by atoms with van der Waals surface area (Å²) in [5.41, 5.74) is 2.29. The number of hydrogen-bond acceptors (Lipinski definition) is 2. The highest BCUT2D eigenvalue weighted by Gasteiger charge is 2.49. The largest absolute Gasteiger partial charge is 0.404 e. The van der Waals surface area contributed by atoms with E-state index in [0.29, 0.717) is 6.61 Å². The molecule has 1 N–H and O–H groups in total. The van der Waals surface area contributed by atoms with Crippen molar-refractivity contribution in [2.45, 2.75) is 65.5 Å². The van der Waals surface area contributed by atoms with Gasteiger partial charge in [-0.1, -0.05) is 99.2 Å². The lowest BCUT2D eigenvalue weighted by Crippen LogP contribution is -2.66. The first-order chi connectivity index (χ1) is 14.2. The van der Waals surface area contributed by atoms with Crippen LogP contribution in [0.4, 0.5) is 0 Å². The molecule has 0 heterocycles. The smallest absolute Gasteiger partial charge is 0.261 e. The van der Waals surface area contributed by atoms with Crippen LogP contribution in [0.5, 0.6) is 0 Å². The van der Waals surface area contributed by atoms with E-state index in [1.165, 1.54) is 15.9 Å². The van der Waals surface area contributed by atoms with Gasteiger partial charge in [0.2, 0.25) is 0 Å². The van der Waals surface area contributed by atoms with Gasteiger partial charge in [0.15, 0.2) is 0 Å². The first kappa shape index (κ1) is 24.3. The molecule has 2 aromatic carbocycles. The van der Waals surface area contributed by atoms with E-state index in [1.807, 2.05) is 19.9 Å². The normalized spacial score (nSPS) is 14.6. The third-order valence-corrected chi connectivity index (χ3v) is 10.9. The first-order valence-corrected chi connectivity index (χ1v) is 12.8. The number of hydrogen-bond donors (Lipinski definition) is 1. The predicted octanol–water partition coefficient (Wildman–Crippen LogP) is 5.62. The number of aliphatic hydroxyl groups excluding tert-OH is 1. The molecule has 0 aliphatic rings. The Bertz CT molecular complexity index is 793. The number of aliphatic hydroxyl groups is 1. The molecule has 0 aliphatic carbocycles. The highest BCUT2D eigenvalue weighted by molar-refractivity contribution is 6.99. The van der Waals surface area contributed by atoms with Crippen molar-refractivity contribution in [3.63, 3.8) is 0 Å². The molecule has 0 saturated heterocycles. The van der Waals surface area contributed by atoms with Crippen LogP contribution < -0.4 is 10.4 Å². The Hall–Kier alpha value is -1.94. The Balaban J connectivity index is 2.29. The SMILES string of the molecule is C/C=C(\C)[C@@H](O)CC/C(C)=C/CO[Si](c1ccccc1)(c1ccccc1)C(C)(C)C. The van der Waals surface area contributed by atoms with Crippen LogP contribution in [0.2, 0.25) is 5.04 Å². The van der Waals surface area contributed by atoms with Crippen molar-refractivity contribution < 1.29 is 9.53 Å². The quantitative estimate of drug-likeness (QED) is 0.420. The van der Waals surface area contributed by atoms with Crippen LogP contribution in [0.25, 0.3) is 0 Å². The molecule has 2 nitrogen and oxygen atoms in total. The standard InChI is InChI=1S/C27H38O2Si/c1-7-23(3)26(28)19-18-22(2)20-21-29-30(27(4,5)6,24-14-10-8-11-15-24)25-16-12-9-13-17-25/h7-17,20,26,28H,18-19,21H2,1-6H3/b22-20+,23-7+/t26-/m0/s1. The average Bonchev–Trinajstić information content (AvgIpc) is 2.74. The zero-order chi connectivity index (χ0) is 22.2. The summed E-state index contributed by atoms with van der Waals surface area (Å²) in [5.74, 6) is 0. The molecule has 0 spiro atoms. The Kier molecular flexibility index (Phi) is 8.84. The molecule has 30 heavy (non-hydrogen) atoms. The Morgan fingerprint density at radius 3 is 1.90 bits per heavy atom. The first-order valence-electron chi connectivity index (χ1n) is 10.9. The summed E-state index contributed by atoms with van der Waals surface area (Å²) >= 11 is 0. The monoisotopic (exact) mass is 422 g/mol. The molecule has 0 amide bonds. The van der Waals surface area contributed by atoms with Crippen molar-refractivity contribution in [3.8, 4) is 0 Å². The minimum absolute atomic E-state index is 0.0172.